The van der Waals surface area contributed by atoms with Gasteiger partial charge in [-0.2, -0.15) is 0 Å². The van der Waals surface area contributed by atoms with E-state index in [2.05, 4.69) is 9.98 Å². The Kier molecular flexibility index (Phi) is 7.08. The molecule has 9 nitrogen and oxygen atoms in total. The highest BCUT2D eigenvalue weighted by molar-refractivity contribution is 6.30. The number of aromatic nitrogens is 2. The molecule has 0 radical (unpaired) electrons. The van der Waals surface area contributed by atoms with Crippen molar-refractivity contribution in [2.45, 2.75) is 25.8 Å². The van der Waals surface area contributed by atoms with E-state index in [1.54, 1.807) is 37.3 Å². The summed E-state index contributed by atoms with van der Waals surface area (Å²) in [5, 5.41) is 0.251. The lowest BCUT2D eigenvalue weighted by atomic mass is 10.1. The number of amides is 1. The lowest BCUT2D eigenvalue weighted by Gasteiger charge is -2.20. The van der Waals surface area contributed by atoms with Gasteiger partial charge in [-0.25, -0.2) is 9.37 Å². The van der Waals surface area contributed by atoms with Crippen LogP contribution in [0.15, 0.2) is 58.3 Å². The maximum absolute atomic E-state index is 13.7. The molecule has 1 saturated heterocycles. The fourth-order valence-electron chi connectivity index (χ4n) is 5.23. The van der Waals surface area contributed by atoms with E-state index in [-0.39, 0.29) is 35.7 Å². The van der Waals surface area contributed by atoms with Crippen molar-refractivity contribution in [2.75, 3.05) is 26.9 Å². The molecule has 2 aliphatic rings. The Morgan fingerprint density at radius 3 is 2.68 bits per heavy atom. The van der Waals surface area contributed by atoms with Crippen molar-refractivity contribution in [3.63, 3.8) is 0 Å². The SMILES string of the molecule is COc1cc2c(cc1OCCOc1ccc3nc(C)n(-c4ccc(F)c(Cl)c4)c(=O)c3c1)N=C[C@@H]1CCCN1C2=O. The molecule has 4 aromatic rings. The summed E-state index contributed by atoms with van der Waals surface area (Å²) in [5.74, 6) is 1.14. The Morgan fingerprint density at radius 2 is 1.88 bits per heavy atom. The van der Waals surface area contributed by atoms with Crippen LogP contribution in [0.5, 0.6) is 17.2 Å². The Morgan fingerprint density at radius 1 is 1.05 bits per heavy atom. The molecule has 0 bridgehead atoms. The summed E-state index contributed by atoms with van der Waals surface area (Å²) in [4.78, 5) is 37.3. The van der Waals surface area contributed by atoms with Crippen molar-refractivity contribution in [3.05, 3.63) is 81.1 Å². The van der Waals surface area contributed by atoms with Gasteiger partial charge in [0.1, 0.15) is 30.6 Å². The number of hydrogen-bond acceptors (Lipinski definition) is 7. The lowest BCUT2D eigenvalue weighted by Crippen LogP contribution is -2.35. The number of aryl methyl sites for hydroxylation is 1. The molecule has 6 rings (SSSR count). The van der Waals surface area contributed by atoms with E-state index in [1.807, 2.05) is 11.1 Å². The average molecular weight is 577 g/mol. The van der Waals surface area contributed by atoms with Gasteiger partial charge in [0.2, 0.25) is 0 Å². The number of carbonyl (C=O) groups excluding carboxylic acids is 1. The maximum atomic E-state index is 13.7. The van der Waals surface area contributed by atoms with Crippen LogP contribution in [0.3, 0.4) is 0 Å². The standard InChI is InChI=1S/C30H26ClFN4O5/c1-17-34-25-8-6-20(13-21(25)30(38)36(17)18-5-7-24(32)23(31)12-18)40-10-11-41-28-15-26-22(14-27(28)39-2)29(37)35-9-3-4-19(35)16-33-26/h5-8,12-16,19H,3-4,9-11H2,1-2H3/t19-/m0/s1. The highest BCUT2D eigenvalue weighted by Gasteiger charge is 2.32. The second kappa shape index (κ2) is 10.9. The molecular weight excluding hydrogens is 551 g/mol. The molecule has 1 atom stereocenters. The number of methoxy groups -OCH3 is 1. The van der Waals surface area contributed by atoms with Gasteiger partial charge in [-0.1, -0.05) is 11.6 Å². The van der Waals surface area contributed by atoms with Crippen molar-refractivity contribution in [2.24, 2.45) is 4.99 Å². The zero-order valence-corrected chi connectivity index (χ0v) is 23.2. The van der Waals surface area contributed by atoms with E-state index >= 15 is 0 Å². The van der Waals surface area contributed by atoms with Crippen molar-refractivity contribution in [3.8, 4) is 22.9 Å². The number of halogens is 2. The first-order valence-corrected chi connectivity index (χ1v) is 13.5. The summed E-state index contributed by atoms with van der Waals surface area (Å²) in [6.45, 7) is 2.75. The number of rotatable bonds is 7. The molecule has 11 heteroatoms. The number of aliphatic imine (C=N–C) groups is 1. The number of hydrogen-bond donors (Lipinski definition) is 0. The molecule has 41 heavy (non-hydrogen) atoms. The van der Waals surface area contributed by atoms with E-state index < -0.39 is 5.82 Å². The van der Waals surface area contributed by atoms with Crippen LogP contribution in [0.2, 0.25) is 5.02 Å². The van der Waals surface area contributed by atoms with Crippen LogP contribution >= 0.6 is 11.6 Å². The number of fused-ring (bicyclic) bond motifs is 3. The normalized spacial score (nSPS) is 16.0. The Hall–Kier alpha value is -4.44. The molecule has 1 amide bonds. The van der Waals surface area contributed by atoms with Crippen molar-refractivity contribution < 1.29 is 23.4 Å². The highest BCUT2D eigenvalue weighted by atomic mass is 35.5. The molecule has 0 spiro atoms. The largest absolute Gasteiger partial charge is 0.493 e. The van der Waals surface area contributed by atoms with Gasteiger partial charge in [-0.05, 0) is 62.2 Å². The zero-order chi connectivity index (χ0) is 28.7. The van der Waals surface area contributed by atoms with Gasteiger partial charge in [0, 0.05) is 18.8 Å². The van der Waals surface area contributed by atoms with Gasteiger partial charge in [0.05, 0.1) is 46.0 Å². The predicted octanol–water partition coefficient (Wildman–Crippen LogP) is 5.27. The first-order valence-electron chi connectivity index (χ1n) is 13.2. The lowest BCUT2D eigenvalue weighted by molar-refractivity contribution is 0.0774. The summed E-state index contributed by atoms with van der Waals surface area (Å²) in [6, 6.07) is 12.5. The van der Waals surface area contributed by atoms with E-state index in [1.165, 1.54) is 29.9 Å². The Labute approximate surface area is 239 Å². The van der Waals surface area contributed by atoms with E-state index in [9.17, 15) is 14.0 Å². The quantitative estimate of drug-likeness (QED) is 0.278. The van der Waals surface area contributed by atoms with Crippen LogP contribution in [-0.4, -0.2) is 59.5 Å². The second-order valence-electron chi connectivity index (χ2n) is 9.78. The molecule has 1 aromatic heterocycles. The van der Waals surface area contributed by atoms with Crippen molar-refractivity contribution >= 4 is 40.3 Å². The van der Waals surface area contributed by atoms with Gasteiger partial charge < -0.3 is 19.1 Å². The monoisotopic (exact) mass is 576 g/mol. The molecule has 2 aliphatic heterocycles. The van der Waals surface area contributed by atoms with Crippen molar-refractivity contribution in [1.29, 1.82) is 0 Å². The molecule has 0 saturated carbocycles. The molecule has 3 heterocycles. The predicted molar refractivity (Wildman–Crippen MR) is 153 cm³/mol. The van der Waals surface area contributed by atoms with Gasteiger partial charge in [-0.15, -0.1) is 0 Å². The first kappa shape index (κ1) is 26.8. The van der Waals surface area contributed by atoms with Gasteiger partial charge in [0.25, 0.3) is 11.5 Å². The highest BCUT2D eigenvalue weighted by Crippen LogP contribution is 2.38. The molecule has 210 valence electrons. The van der Waals surface area contributed by atoms with Crippen LogP contribution in [0.1, 0.15) is 29.0 Å². The number of benzene rings is 3. The summed E-state index contributed by atoms with van der Waals surface area (Å²) in [6.07, 6.45) is 3.69. The minimum Gasteiger partial charge on any atom is -0.493 e. The molecule has 0 unspecified atom stereocenters. The number of carbonyl (C=O) groups is 1. The van der Waals surface area contributed by atoms with Crippen LogP contribution in [0, 0.1) is 12.7 Å². The average Bonchev–Trinajstić information content (AvgIpc) is 3.40. The van der Waals surface area contributed by atoms with Crippen LogP contribution < -0.4 is 19.8 Å². The summed E-state index contributed by atoms with van der Waals surface area (Å²) in [5.41, 5.74) is 1.61. The fraction of sp³-hybridized carbons (Fsp3) is 0.267. The summed E-state index contributed by atoms with van der Waals surface area (Å²) in [7, 11) is 1.52. The van der Waals surface area contributed by atoms with Crippen LogP contribution in [0.25, 0.3) is 16.6 Å². The topological polar surface area (TPSA) is 95.2 Å². The third-order valence-electron chi connectivity index (χ3n) is 7.24. The van der Waals surface area contributed by atoms with Gasteiger partial charge in [-0.3, -0.25) is 19.1 Å². The first-order chi connectivity index (χ1) is 19.8. The third-order valence-corrected chi connectivity index (χ3v) is 7.53. The minimum absolute atomic E-state index is 0.0114. The second-order valence-corrected chi connectivity index (χ2v) is 10.2. The smallest absolute Gasteiger partial charge is 0.266 e. The Balaban J connectivity index is 1.18. The minimum atomic E-state index is -0.571. The summed E-state index contributed by atoms with van der Waals surface area (Å²) < 4.78 is 32.4. The van der Waals surface area contributed by atoms with E-state index in [4.69, 9.17) is 25.8 Å². The van der Waals surface area contributed by atoms with Crippen LogP contribution in [-0.2, 0) is 0 Å². The van der Waals surface area contributed by atoms with Gasteiger partial charge in [0.15, 0.2) is 11.5 Å². The van der Waals surface area contributed by atoms with Crippen LogP contribution in [0.4, 0.5) is 10.1 Å². The fourth-order valence-corrected chi connectivity index (χ4v) is 5.40. The summed E-state index contributed by atoms with van der Waals surface area (Å²) >= 11 is 5.94. The van der Waals surface area contributed by atoms with Crippen molar-refractivity contribution in [1.82, 2.24) is 14.5 Å². The molecule has 3 aromatic carbocycles. The molecule has 0 N–H and O–H groups in total. The molecular formula is C30H26ClFN4O5. The number of ether oxygens (including phenoxy) is 3. The van der Waals surface area contributed by atoms with Gasteiger partial charge >= 0.3 is 0 Å². The zero-order valence-electron chi connectivity index (χ0n) is 22.4. The Bertz CT molecular complexity index is 1770. The van der Waals surface area contributed by atoms with E-state index in [0.29, 0.717) is 57.5 Å². The molecule has 0 aliphatic carbocycles. The maximum Gasteiger partial charge on any atom is 0.266 e. The number of nitrogens with zero attached hydrogens (tertiary/aromatic N) is 4. The van der Waals surface area contributed by atoms with E-state index in [0.717, 1.165) is 12.8 Å². The third kappa shape index (κ3) is 4.99. The molecule has 1 fully saturated rings.